The highest BCUT2D eigenvalue weighted by molar-refractivity contribution is 5.09. The molecule has 2 aliphatic carbocycles. The van der Waals surface area contributed by atoms with Crippen LogP contribution in [-0.2, 0) is 0 Å². The summed E-state index contributed by atoms with van der Waals surface area (Å²) < 4.78 is 0. The second-order valence-corrected chi connectivity index (χ2v) is 7.80. The number of hydrogen-bond acceptors (Lipinski definition) is 3. The standard InChI is InChI=1S/C16H33N3/c1-14(2)8-6-11-16(14,12-17)19(5)13-15(18(3)4)9-7-10-15/h6-13,17H2,1-5H3. The van der Waals surface area contributed by atoms with Crippen LogP contribution in [0.15, 0.2) is 0 Å². The summed E-state index contributed by atoms with van der Waals surface area (Å²) in [5.41, 5.74) is 7.18. The first kappa shape index (κ1) is 15.3. The first-order valence-electron chi connectivity index (χ1n) is 7.88. The maximum atomic E-state index is 6.24. The maximum Gasteiger partial charge on any atom is 0.0380 e. The van der Waals surface area contributed by atoms with Crippen LogP contribution in [0.1, 0.15) is 52.4 Å². The van der Waals surface area contributed by atoms with Crippen molar-refractivity contribution in [1.82, 2.24) is 9.80 Å². The molecule has 2 N–H and O–H groups in total. The van der Waals surface area contributed by atoms with E-state index in [2.05, 4.69) is 44.8 Å². The fourth-order valence-electron chi connectivity index (χ4n) is 4.56. The normalized spacial score (nSPS) is 32.8. The fourth-order valence-corrected chi connectivity index (χ4v) is 4.56. The molecule has 1 atom stereocenters. The molecule has 0 amide bonds. The van der Waals surface area contributed by atoms with Gasteiger partial charge in [-0.05, 0) is 58.7 Å². The van der Waals surface area contributed by atoms with E-state index in [9.17, 15) is 0 Å². The third kappa shape index (κ3) is 2.24. The van der Waals surface area contributed by atoms with E-state index in [0.717, 1.165) is 6.54 Å². The summed E-state index contributed by atoms with van der Waals surface area (Å²) in [7, 11) is 6.79. The molecule has 0 aromatic heterocycles. The van der Waals surface area contributed by atoms with E-state index in [-0.39, 0.29) is 5.54 Å². The molecule has 0 aromatic carbocycles. The van der Waals surface area contributed by atoms with Crippen LogP contribution in [0.2, 0.25) is 0 Å². The third-order valence-corrected chi connectivity index (χ3v) is 6.48. The van der Waals surface area contributed by atoms with Crippen LogP contribution in [0.3, 0.4) is 0 Å². The topological polar surface area (TPSA) is 32.5 Å². The van der Waals surface area contributed by atoms with Gasteiger partial charge in [0.15, 0.2) is 0 Å². The van der Waals surface area contributed by atoms with Crippen LogP contribution < -0.4 is 5.73 Å². The van der Waals surface area contributed by atoms with Crippen LogP contribution in [0.4, 0.5) is 0 Å². The van der Waals surface area contributed by atoms with Crippen LogP contribution in [0.25, 0.3) is 0 Å². The molecular weight excluding hydrogens is 234 g/mol. The molecule has 0 saturated heterocycles. The first-order chi connectivity index (χ1) is 8.80. The van der Waals surface area contributed by atoms with Gasteiger partial charge in [0, 0.05) is 24.2 Å². The van der Waals surface area contributed by atoms with Crippen molar-refractivity contribution >= 4 is 0 Å². The molecule has 0 spiro atoms. The van der Waals surface area contributed by atoms with Gasteiger partial charge >= 0.3 is 0 Å². The summed E-state index contributed by atoms with van der Waals surface area (Å²) >= 11 is 0. The average molecular weight is 267 g/mol. The molecule has 112 valence electrons. The number of hydrogen-bond donors (Lipinski definition) is 1. The van der Waals surface area contributed by atoms with Gasteiger partial charge in [-0.15, -0.1) is 0 Å². The van der Waals surface area contributed by atoms with E-state index in [1.54, 1.807) is 0 Å². The van der Waals surface area contributed by atoms with Gasteiger partial charge in [0.25, 0.3) is 0 Å². The monoisotopic (exact) mass is 267 g/mol. The highest BCUT2D eigenvalue weighted by Gasteiger charge is 2.52. The van der Waals surface area contributed by atoms with Crippen LogP contribution in [-0.4, -0.2) is 55.1 Å². The Morgan fingerprint density at radius 3 is 1.84 bits per heavy atom. The highest BCUT2D eigenvalue weighted by Crippen LogP contribution is 2.50. The predicted octanol–water partition coefficient (Wildman–Crippen LogP) is 2.31. The van der Waals surface area contributed by atoms with Crippen molar-refractivity contribution in [2.75, 3.05) is 34.2 Å². The lowest BCUT2D eigenvalue weighted by molar-refractivity contribution is -0.0379. The highest BCUT2D eigenvalue weighted by atomic mass is 15.3. The van der Waals surface area contributed by atoms with E-state index >= 15 is 0 Å². The molecule has 2 fully saturated rings. The Hall–Kier alpha value is -0.120. The van der Waals surface area contributed by atoms with E-state index in [4.69, 9.17) is 5.73 Å². The molecule has 0 heterocycles. The summed E-state index contributed by atoms with van der Waals surface area (Å²) in [6.07, 6.45) is 7.95. The minimum Gasteiger partial charge on any atom is -0.329 e. The zero-order chi connectivity index (χ0) is 14.3. The minimum absolute atomic E-state index is 0.200. The lowest BCUT2D eigenvalue weighted by Gasteiger charge is -2.55. The summed E-state index contributed by atoms with van der Waals surface area (Å²) in [4.78, 5) is 5.05. The summed E-state index contributed by atoms with van der Waals surface area (Å²) in [6.45, 7) is 6.78. The Morgan fingerprint density at radius 1 is 0.947 bits per heavy atom. The second-order valence-electron chi connectivity index (χ2n) is 7.80. The molecule has 3 nitrogen and oxygen atoms in total. The summed E-state index contributed by atoms with van der Waals surface area (Å²) in [5, 5.41) is 0. The smallest absolute Gasteiger partial charge is 0.0380 e. The van der Waals surface area contributed by atoms with Crippen LogP contribution >= 0.6 is 0 Å². The van der Waals surface area contributed by atoms with Gasteiger partial charge in [-0.3, -0.25) is 4.90 Å². The van der Waals surface area contributed by atoms with E-state index in [1.165, 1.54) is 45.1 Å². The Morgan fingerprint density at radius 2 is 1.53 bits per heavy atom. The van der Waals surface area contributed by atoms with Gasteiger partial charge in [-0.2, -0.15) is 0 Å². The largest absolute Gasteiger partial charge is 0.329 e. The quantitative estimate of drug-likeness (QED) is 0.829. The van der Waals surface area contributed by atoms with Gasteiger partial charge in [0.2, 0.25) is 0 Å². The molecule has 2 rings (SSSR count). The fraction of sp³-hybridized carbons (Fsp3) is 1.00. The third-order valence-electron chi connectivity index (χ3n) is 6.48. The van der Waals surface area contributed by atoms with Crippen molar-refractivity contribution in [2.45, 2.75) is 63.5 Å². The van der Waals surface area contributed by atoms with Crippen molar-refractivity contribution in [3.8, 4) is 0 Å². The average Bonchev–Trinajstić information content (AvgIpc) is 2.58. The van der Waals surface area contributed by atoms with Gasteiger partial charge in [-0.25, -0.2) is 0 Å². The molecular formula is C16H33N3. The van der Waals surface area contributed by atoms with E-state index < -0.39 is 0 Å². The minimum atomic E-state index is 0.200. The Labute approximate surface area is 119 Å². The molecule has 0 aliphatic heterocycles. The van der Waals surface area contributed by atoms with Crippen molar-refractivity contribution in [3.05, 3.63) is 0 Å². The molecule has 19 heavy (non-hydrogen) atoms. The zero-order valence-corrected chi connectivity index (χ0v) is 13.6. The zero-order valence-electron chi connectivity index (χ0n) is 13.6. The Balaban J connectivity index is 2.16. The van der Waals surface area contributed by atoms with Gasteiger partial charge < -0.3 is 10.6 Å². The van der Waals surface area contributed by atoms with Crippen LogP contribution in [0.5, 0.6) is 0 Å². The molecule has 1 unspecified atom stereocenters. The Bertz CT molecular complexity index is 320. The summed E-state index contributed by atoms with van der Waals surface area (Å²) in [6, 6.07) is 0. The van der Waals surface area contributed by atoms with Gasteiger partial charge in [-0.1, -0.05) is 20.3 Å². The van der Waals surface area contributed by atoms with E-state index in [0.29, 0.717) is 11.0 Å². The molecule has 0 bridgehead atoms. The van der Waals surface area contributed by atoms with E-state index in [1.807, 2.05) is 0 Å². The molecule has 3 heteroatoms. The van der Waals surface area contributed by atoms with Gasteiger partial charge in [0.05, 0.1) is 0 Å². The van der Waals surface area contributed by atoms with Crippen LogP contribution in [0, 0.1) is 5.41 Å². The van der Waals surface area contributed by atoms with Gasteiger partial charge in [0.1, 0.15) is 0 Å². The molecule has 2 saturated carbocycles. The summed E-state index contributed by atoms with van der Waals surface area (Å²) in [5.74, 6) is 0. The maximum absolute atomic E-state index is 6.24. The second kappa shape index (κ2) is 5.01. The number of nitrogens with two attached hydrogens (primary N) is 1. The molecule has 0 aromatic rings. The SMILES string of the molecule is CN(C)C1(CN(C)C2(CN)CCCC2(C)C)CCC1. The predicted molar refractivity (Wildman–Crippen MR) is 82.3 cm³/mol. The lowest BCUT2D eigenvalue weighted by Crippen LogP contribution is -2.65. The number of likely N-dealkylation sites (N-methyl/N-ethyl adjacent to an activating group) is 2. The Kier molecular flexibility index (Phi) is 4.03. The van der Waals surface area contributed by atoms with Crippen molar-refractivity contribution < 1.29 is 0 Å². The molecule has 2 aliphatic rings. The lowest BCUT2D eigenvalue weighted by atomic mass is 9.70. The molecule has 0 radical (unpaired) electrons. The van der Waals surface area contributed by atoms with Crippen molar-refractivity contribution in [1.29, 1.82) is 0 Å². The van der Waals surface area contributed by atoms with Crippen molar-refractivity contribution in [3.63, 3.8) is 0 Å². The number of rotatable bonds is 5. The number of nitrogens with zero attached hydrogens (tertiary/aromatic N) is 2. The van der Waals surface area contributed by atoms with Crippen molar-refractivity contribution in [2.24, 2.45) is 11.1 Å². The first-order valence-corrected chi connectivity index (χ1v) is 7.88.